The van der Waals surface area contributed by atoms with Crippen molar-refractivity contribution in [3.63, 3.8) is 0 Å². The lowest BCUT2D eigenvalue weighted by Gasteiger charge is -2.07. The number of hydrogen-bond acceptors (Lipinski definition) is 5. The third kappa shape index (κ3) is 3.85. The normalized spacial score (nSPS) is 10.2. The molecule has 24 heavy (non-hydrogen) atoms. The number of rotatable bonds is 4. The number of amides is 1. The minimum Gasteiger partial charge on any atom is -0.424 e. The van der Waals surface area contributed by atoms with Crippen LogP contribution < -0.4 is 15.6 Å². The quantitative estimate of drug-likeness (QED) is 0.718. The topological polar surface area (TPSA) is 97.0 Å². The number of carbonyl (C=O) groups is 1. The molecule has 0 fully saturated rings. The van der Waals surface area contributed by atoms with E-state index < -0.39 is 0 Å². The molecular formula is C16H11BrN4O3. The average molecular weight is 387 g/mol. The molecular weight excluding hydrogens is 376 g/mol. The summed E-state index contributed by atoms with van der Waals surface area (Å²) < 4.78 is 5.76. The number of ether oxygens (including phenoxy) is 1. The number of aromatic amines is 1. The maximum absolute atomic E-state index is 12.1. The van der Waals surface area contributed by atoms with E-state index in [1.165, 1.54) is 12.3 Å². The van der Waals surface area contributed by atoms with Gasteiger partial charge in [0.25, 0.3) is 11.5 Å². The van der Waals surface area contributed by atoms with Crippen molar-refractivity contribution >= 4 is 27.5 Å². The van der Waals surface area contributed by atoms with Gasteiger partial charge in [0, 0.05) is 24.3 Å². The molecule has 2 aromatic heterocycles. The van der Waals surface area contributed by atoms with Crippen LogP contribution in [-0.4, -0.2) is 20.9 Å². The summed E-state index contributed by atoms with van der Waals surface area (Å²) in [6, 6.07) is 10.2. The molecule has 3 rings (SSSR count). The van der Waals surface area contributed by atoms with Gasteiger partial charge in [-0.3, -0.25) is 9.59 Å². The van der Waals surface area contributed by atoms with Crippen LogP contribution in [0.25, 0.3) is 0 Å². The second-order valence-corrected chi connectivity index (χ2v) is 5.53. The standard InChI is InChI=1S/C16H11BrN4O3/c17-13-8-10(9-20-15(13)23)14(22)21-11-2-4-12(5-3-11)24-16-18-6-1-7-19-16/h1-9H,(H,20,23)(H,21,22). The van der Waals surface area contributed by atoms with Gasteiger partial charge >= 0.3 is 6.01 Å². The van der Waals surface area contributed by atoms with Gasteiger partial charge in [-0.25, -0.2) is 9.97 Å². The average Bonchev–Trinajstić information content (AvgIpc) is 2.60. The van der Waals surface area contributed by atoms with E-state index in [-0.39, 0.29) is 17.5 Å². The van der Waals surface area contributed by atoms with Crippen LogP contribution in [0.3, 0.4) is 0 Å². The number of anilines is 1. The van der Waals surface area contributed by atoms with Crippen LogP contribution in [0.1, 0.15) is 10.4 Å². The van der Waals surface area contributed by atoms with Gasteiger partial charge in [0.2, 0.25) is 0 Å². The van der Waals surface area contributed by atoms with Crippen LogP contribution in [-0.2, 0) is 0 Å². The molecule has 0 bridgehead atoms. The molecule has 3 aromatic rings. The van der Waals surface area contributed by atoms with Gasteiger partial charge in [-0.1, -0.05) is 0 Å². The van der Waals surface area contributed by atoms with E-state index in [9.17, 15) is 9.59 Å². The molecule has 8 heteroatoms. The Morgan fingerprint density at radius 2 is 1.88 bits per heavy atom. The first kappa shape index (κ1) is 15.9. The molecule has 2 heterocycles. The Labute approximate surface area is 144 Å². The Morgan fingerprint density at radius 3 is 2.54 bits per heavy atom. The predicted octanol–water partition coefficient (Wildman–Crippen LogP) is 2.97. The zero-order chi connectivity index (χ0) is 16.9. The molecule has 0 aliphatic rings. The maximum atomic E-state index is 12.1. The van der Waals surface area contributed by atoms with Gasteiger partial charge in [0.15, 0.2) is 0 Å². The van der Waals surface area contributed by atoms with Gasteiger partial charge in [-0.15, -0.1) is 0 Å². The van der Waals surface area contributed by atoms with Crippen LogP contribution in [0.5, 0.6) is 11.8 Å². The van der Waals surface area contributed by atoms with Crippen LogP contribution in [0.2, 0.25) is 0 Å². The number of halogens is 1. The molecule has 0 saturated carbocycles. The first-order valence-corrected chi connectivity index (χ1v) is 7.65. The second-order valence-electron chi connectivity index (χ2n) is 4.68. The Hall–Kier alpha value is -3.00. The minimum absolute atomic E-state index is 0.243. The fraction of sp³-hybridized carbons (Fsp3) is 0. The van der Waals surface area contributed by atoms with Gasteiger partial charge in [-0.05, 0) is 52.3 Å². The largest absolute Gasteiger partial charge is 0.424 e. The number of pyridine rings is 1. The molecule has 0 aliphatic carbocycles. The second kappa shape index (κ2) is 7.05. The van der Waals surface area contributed by atoms with E-state index in [1.54, 1.807) is 42.7 Å². The number of carbonyl (C=O) groups excluding carboxylic acids is 1. The Bertz CT molecular complexity index is 911. The molecule has 120 valence electrons. The highest BCUT2D eigenvalue weighted by atomic mass is 79.9. The van der Waals surface area contributed by atoms with Crippen molar-refractivity contribution in [1.82, 2.24) is 15.0 Å². The van der Waals surface area contributed by atoms with Gasteiger partial charge in [0.05, 0.1) is 10.0 Å². The molecule has 1 aromatic carbocycles. The third-order valence-corrected chi connectivity index (χ3v) is 3.57. The monoisotopic (exact) mass is 386 g/mol. The van der Waals surface area contributed by atoms with Crippen molar-refractivity contribution in [2.24, 2.45) is 0 Å². The molecule has 0 unspecified atom stereocenters. The maximum Gasteiger partial charge on any atom is 0.321 e. The Morgan fingerprint density at radius 1 is 1.17 bits per heavy atom. The molecule has 0 atom stereocenters. The summed E-state index contributed by atoms with van der Waals surface area (Å²) in [5.74, 6) is 0.206. The van der Waals surface area contributed by atoms with Gasteiger partial charge in [-0.2, -0.15) is 0 Å². The van der Waals surface area contributed by atoms with E-state index >= 15 is 0 Å². The Kier molecular flexibility index (Phi) is 4.66. The van der Waals surface area contributed by atoms with Crippen LogP contribution in [0, 0.1) is 0 Å². The van der Waals surface area contributed by atoms with Crippen molar-refractivity contribution in [2.45, 2.75) is 0 Å². The SMILES string of the molecule is O=C(Nc1ccc(Oc2ncccn2)cc1)c1c[nH]c(=O)c(Br)c1. The van der Waals surface area contributed by atoms with Gasteiger partial charge in [0.1, 0.15) is 5.75 Å². The van der Waals surface area contributed by atoms with Crippen LogP contribution in [0.15, 0.2) is 64.3 Å². The number of nitrogens with zero attached hydrogens (tertiary/aromatic N) is 2. The molecule has 7 nitrogen and oxygen atoms in total. The molecule has 0 spiro atoms. The number of nitrogens with one attached hydrogen (secondary N) is 2. The lowest BCUT2D eigenvalue weighted by atomic mass is 10.2. The van der Waals surface area contributed by atoms with Crippen LogP contribution in [0.4, 0.5) is 5.69 Å². The number of benzene rings is 1. The van der Waals surface area contributed by atoms with Crippen LogP contribution >= 0.6 is 15.9 Å². The highest BCUT2D eigenvalue weighted by molar-refractivity contribution is 9.10. The summed E-state index contributed by atoms with van der Waals surface area (Å²) in [5, 5.41) is 2.73. The lowest BCUT2D eigenvalue weighted by molar-refractivity contribution is 0.102. The fourth-order valence-electron chi connectivity index (χ4n) is 1.84. The van der Waals surface area contributed by atoms with Gasteiger partial charge < -0.3 is 15.0 Å². The molecule has 1 amide bonds. The first-order valence-electron chi connectivity index (χ1n) is 6.86. The molecule has 2 N–H and O–H groups in total. The highest BCUT2D eigenvalue weighted by Crippen LogP contribution is 2.20. The number of H-pyrrole nitrogens is 1. The summed E-state index contributed by atoms with van der Waals surface area (Å²) in [6.07, 6.45) is 4.52. The fourth-order valence-corrected chi connectivity index (χ4v) is 2.20. The van der Waals surface area contributed by atoms with E-state index in [2.05, 4.69) is 36.2 Å². The summed E-state index contributed by atoms with van der Waals surface area (Å²) in [6.45, 7) is 0. The zero-order valence-corrected chi connectivity index (χ0v) is 13.8. The smallest absolute Gasteiger partial charge is 0.321 e. The van der Waals surface area contributed by atoms with E-state index in [4.69, 9.17) is 4.74 Å². The van der Waals surface area contributed by atoms with Crippen molar-refractivity contribution in [3.05, 3.63) is 75.4 Å². The first-order chi connectivity index (χ1) is 11.6. The Balaban J connectivity index is 1.68. The highest BCUT2D eigenvalue weighted by Gasteiger charge is 2.08. The van der Waals surface area contributed by atoms with Crippen molar-refractivity contribution in [2.75, 3.05) is 5.32 Å². The summed E-state index contributed by atoms with van der Waals surface area (Å²) in [4.78, 5) is 33.8. The van der Waals surface area contributed by atoms with Crippen molar-refractivity contribution in [1.29, 1.82) is 0 Å². The zero-order valence-electron chi connectivity index (χ0n) is 12.2. The van der Waals surface area contributed by atoms with E-state index in [0.29, 0.717) is 21.5 Å². The number of aromatic nitrogens is 3. The predicted molar refractivity (Wildman–Crippen MR) is 91.3 cm³/mol. The van der Waals surface area contributed by atoms with Crippen molar-refractivity contribution < 1.29 is 9.53 Å². The summed E-state index contributed by atoms with van der Waals surface area (Å²) in [5.41, 5.74) is 0.624. The number of hydrogen-bond donors (Lipinski definition) is 2. The minimum atomic E-state index is -0.341. The third-order valence-electron chi connectivity index (χ3n) is 2.98. The molecule has 0 saturated heterocycles. The summed E-state index contributed by atoms with van der Waals surface area (Å²) >= 11 is 3.09. The van der Waals surface area contributed by atoms with E-state index in [1.807, 2.05) is 0 Å². The molecule has 0 aliphatic heterocycles. The van der Waals surface area contributed by atoms with E-state index in [0.717, 1.165) is 0 Å². The summed E-state index contributed by atoms with van der Waals surface area (Å²) in [7, 11) is 0. The lowest BCUT2D eigenvalue weighted by Crippen LogP contribution is -2.15. The molecule has 0 radical (unpaired) electrons. The van der Waals surface area contributed by atoms with Crippen molar-refractivity contribution in [3.8, 4) is 11.8 Å².